The third-order valence-corrected chi connectivity index (χ3v) is 11.3. The molecule has 0 radical (unpaired) electrons. The summed E-state index contributed by atoms with van der Waals surface area (Å²) in [5, 5.41) is 3.85. The summed E-state index contributed by atoms with van der Waals surface area (Å²) in [7, 11) is 1.51. The fourth-order valence-corrected chi connectivity index (χ4v) is 9.37. The first-order valence-electron chi connectivity index (χ1n) is 14.1. The summed E-state index contributed by atoms with van der Waals surface area (Å²) in [6.45, 7) is 6.20. The first kappa shape index (κ1) is 24.3. The van der Waals surface area contributed by atoms with Gasteiger partial charge in [-0.1, -0.05) is 19.9 Å². The van der Waals surface area contributed by atoms with E-state index in [2.05, 4.69) is 36.3 Å². The third-order valence-electron chi connectivity index (χ3n) is 11.3. The first-order chi connectivity index (χ1) is 16.4. The minimum Gasteiger partial charge on any atom is -0.469 e. The predicted molar refractivity (Wildman–Crippen MR) is 136 cm³/mol. The average molecular weight is 467 g/mol. The van der Waals surface area contributed by atoms with E-state index in [1.165, 1.54) is 71.3 Å². The van der Waals surface area contributed by atoms with Gasteiger partial charge < -0.3 is 10.1 Å². The van der Waals surface area contributed by atoms with Crippen molar-refractivity contribution in [3.63, 3.8) is 0 Å². The van der Waals surface area contributed by atoms with E-state index in [1.54, 1.807) is 0 Å². The van der Waals surface area contributed by atoms with E-state index in [9.17, 15) is 4.79 Å². The Morgan fingerprint density at radius 2 is 1.88 bits per heavy atom. The molecule has 4 aliphatic rings. The van der Waals surface area contributed by atoms with Crippen molar-refractivity contribution in [3.05, 3.63) is 30.1 Å². The number of aromatic nitrogens is 1. The zero-order valence-corrected chi connectivity index (χ0v) is 21.7. The van der Waals surface area contributed by atoms with Gasteiger partial charge in [0.05, 0.1) is 12.8 Å². The van der Waals surface area contributed by atoms with Gasteiger partial charge in [-0.3, -0.25) is 9.78 Å². The molecule has 0 amide bonds. The summed E-state index contributed by atoms with van der Waals surface area (Å²) in [4.78, 5) is 16.1. The van der Waals surface area contributed by atoms with E-state index >= 15 is 0 Å². The summed E-state index contributed by atoms with van der Waals surface area (Å²) in [5.74, 6) is 4.41. The fourth-order valence-electron chi connectivity index (χ4n) is 9.37. The van der Waals surface area contributed by atoms with Gasteiger partial charge in [0.15, 0.2) is 0 Å². The van der Waals surface area contributed by atoms with Crippen molar-refractivity contribution in [1.82, 2.24) is 10.3 Å². The molecule has 1 aromatic heterocycles. The van der Waals surface area contributed by atoms with Crippen molar-refractivity contribution >= 4 is 5.97 Å². The zero-order valence-electron chi connectivity index (χ0n) is 21.7. The van der Waals surface area contributed by atoms with Gasteiger partial charge in [0.1, 0.15) is 0 Å². The Balaban J connectivity index is 1.20. The maximum atomic E-state index is 11.6. The predicted octanol–water partition coefficient (Wildman–Crippen LogP) is 6.54. The van der Waals surface area contributed by atoms with Crippen molar-refractivity contribution in [2.75, 3.05) is 7.11 Å². The topological polar surface area (TPSA) is 51.2 Å². The number of carbonyl (C=O) groups is 1. The molecule has 188 valence electrons. The van der Waals surface area contributed by atoms with Crippen molar-refractivity contribution in [2.24, 2.45) is 40.4 Å². The van der Waals surface area contributed by atoms with Gasteiger partial charge in [0.25, 0.3) is 0 Å². The van der Waals surface area contributed by atoms with Crippen LogP contribution in [0.15, 0.2) is 24.4 Å². The third kappa shape index (κ3) is 4.45. The lowest BCUT2D eigenvalue weighted by Crippen LogP contribution is -2.55. The molecule has 1 aromatic rings. The van der Waals surface area contributed by atoms with E-state index in [4.69, 9.17) is 4.74 Å². The highest BCUT2D eigenvalue weighted by molar-refractivity contribution is 5.68. The Hall–Kier alpha value is -1.42. The molecule has 4 heteroatoms. The molecule has 1 heterocycles. The molecule has 4 fully saturated rings. The molecule has 0 aromatic carbocycles. The van der Waals surface area contributed by atoms with Gasteiger partial charge >= 0.3 is 5.97 Å². The number of esters is 1. The molecule has 0 aliphatic heterocycles. The molecular weight excluding hydrogens is 420 g/mol. The molecule has 0 spiro atoms. The SMILES string of the molecule is COC(=O)CCCC1CCC2C3CC[C@H]4CC(NCc5ccccn5)CCC4(C)C3CCC12C. The van der Waals surface area contributed by atoms with Crippen LogP contribution >= 0.6 is 0 Å². The molecular formula is C30H46N2O2. The fraction of sp³-hybridized carbons (Fsp3) is 0.800. The van der Waals surface area contributed by atoms with E-state index in [1.807, 2.05) is 12.3 Å². The number of hydrogen-bond donors (Lipinski definition) is 1. The molecule has 4 nitrogen and oxygen atoms in total. The van der Waals surface area contributed by atoms with Crippen LogP contribution in [0.5, 0.6) is 0 Å². The van der Waals surface area contributed by atoms with Crippen LogP contribution in [0, 0.1) is 40.4 Å². The Morgan fingerprint density at radius 3 is 2.68 bits per heavy atom. The van der Waals surface area contributed by atoms with Crippen molar-refractivity contribution < 1.29 is 9.53 Å². The van der Waals surface area contributed by atoms with Gasteiger partial charge in [-0.15, -0.1) is 0 Å². The van der Waals surface area contributed by atoms with E-state index in [0.29, 0.717) is 23.3 Å². The van der Waals surface area contributed by atoms with Crippen LogP contribution < -0.4 is 5.32 Å². The zero-order chi connectivity index (χ0) is 23.8. The summed E-state index contributed by atoms with van der Waals surface area (Å²) >= 11 is 0. The Labute approximate surface area is 207 Å². The number of hydrogen-bond acceptors (Lipinski definition) is 4. The van der Waals surface area contributed by atoms with Gasteiger partial charge in [-0.25, -0.2) is 0 Å². The first-order valence-corrected chi connectivity index (χ1v) is 14.1. The van der Waals surface area contributed by atoms with Crippen LogP contribution in [0.1, 0.15) is 96.6 Å². The maximum absolute atomic E-state index is 11.6. The molecule has 8 atom stereocenters. The van der Waals surface area contributed by atoms with Gasteiger partial charge in [-0.05, 0) is 123 Å². The van der Waals surface area contributed by atoms with Crippen LogP contribution in [0.3, 0.4) is 0 Å². The quantitative estimate of drug-likeness (QED) is 0.463. The monoisotopic (exact) mass is 466 g/mol. The molecule has 4 aliphatic carbocycles. The average Bonchev–Trinajstić information content (AvgIpc) is 3.19. The van der Waals surface area contributed by atoms with E-state index < -0.39 is 0 Å². The second-order valence-corrected chi connectivity index (χ2v) is 12.6. The Morgan fingerprint density at radius 1 is 1.06 bits per heavy atom. The van der Waals surface area contributed by atoms with Crippen LogP contribution in [-0.4, -0.2) is 24.1 Å². The van der Waals surface area contributed by atoms with Crippen LogP contribution in [0.4, 0.5) is 0 Å². The molecule has 0 bridgehead atoms. The largest absolute Gasteiger partial charge is 0.469 e. The molecule has 7 unspecified atom stereocenters. The lowest BCUT2D eigenvalue weighted by Gasteiger charge is -2.61. The summed E-state index contributed by atoms with van der Waals surface area (Å²) in [6, 6.07) is 6.87. The van der Waals surface area contributed by atoms with E-state index in [0.717, 1.165) is 48.2 Å². The van der Waals surface area contributed by atoms with Crippen LogP contribution in [0.2, 0.25) is 0 Å². The van der Waals surface area contributed by atoms with Crippen molar-refractivity contribution in [3.8, 4) is 0 Å². The normalized spacial score (nSPS) is 41.3. The van der Waals surface area contributed by atoms with Crippen molar-refractivity contribution in [1.29, 1.82) is 0 Å². The summed E-state index contributed by atoms with van der Waals surface area (Å²) in [6.07, 6.45) is 17.3. The Bertz CT molecular complexity index is 843. The summed E-state index contributed by atoms with van der Waals surface area (Å²) < 4.78 is 4.88. The van der Waals surface area contributed by atoms with Crippen LogP contribution in [-0.2, 0) is 16.1 Å². The number of fused-ring (bicyclic) bond motifs is 5. The molecule has 1 N–H and O–H groups in total. The lowest BCUT2D eigenvalue weighted by atomic mass is 9.44. The molecule has 34 heavy (non-hydrogen) atoms. The highest BCUT2D eigenvalue weighted by Gasteiger charge is 2.59. The number of rotatable bonds is 7. The highest BCUT2D eigenvalue weighted by Crippen LogP contribution is 2.67. The number of nitrogens with zero attached hydrogens (tertiary/aromatic N) is 1. The smallest absolute Gasteiger partial charge is 0.305 e. The minimum absolute atomic E-state index is 0.0419. The van der Waals surface area contributed by atoms with Crippen molar-refractivity contribution in [2.45, 2.75) is 103 Å². The second kappa shape index (κ2) is 9.91. The highest BCUT2D eigenvalue weighted by atomic mass is 16.5. The molecule has 5 rings (SSSR count). The molecule has 0 saturated heterocycles. The van der Waals surface area contributed by atoms with E-state index in [-0.39, 0.29) is 5.97 Å². The van der Waals surface area contributed by atoms with Gasteiger partial charge in [0.2, 0.25) is 0 Å². The van der Waals surface area contributed by atoms with Gasteiger partial charge in [0, 0.05) is 25.2 Å². The lowest BCUT2D eigenvalue weighted by molar-refractivity contribution is -0.141. The number of pyridine rings is 1. The van der Waals surface area contributed by atoms with Crippen LogP contribution in [0.25, 0.3) is 0 Å². The Kier molecular flexibility index (Phi) is 7.08. The van der Waals surface area contributed by atoms with Gasteiger partial charge in [-0.2, -0.15) is 0 Å². The maximum Gasteiger partial charge on any atom is 0.305 e. The molecule has 4 saturated carbocycles. The second-order valence-electron chi connectivity index (χ2n) is 12.6. The minimum atomic E-state index is -0.0419. The number of ether oxygens (including phenoxy) is 1. The number of carbonyl (C=O) groups excluding carboxylic acids is 1. The number of methoxy groups -OCH3 is 1. The number of nitrogens with one attached hydrogen (secondary N) is 1. The standard InChI is InChI=1S/C30H46N2O2/c1-29-17-15-27-25(26(29)13-11-21(29)7-6-9-28(33)34-3)12-10-22-19-23(14-16-30(22,27)2)32-20-24-8-4-5-18-31-24/h4-5,8,18,21-23,25-27,32H,6-7,9-17,19-20H2,1-3H3/t21?,22-,23?,25?,26?,27?,29?,30?/m0/s1. The summed E-state index contributed by atoms with van der Waals surface area (Å²) in [5.41, 5.74) is 2.20.